The molecule has 1 aromatic carbocycles. The molecule has 37 heavy (non-hydrogen) atoms. The van der Waals surface area contributed by atoms with Crippen molar-refractivity contribution in [3.8, 4) is 17.0 Å². The standard InChI is InChI=1S/C26H30N8O3/c1-31(2)15-17-7-6-12-33(17)22-14-24(37-4)20(13-23(22)34(35)36)30-26-28-11-9-19(29-26)18-16-32(3)21-8-5-10-27-25(18)21/h5,8-11,13-14,16-17H,6-7,12,15H2,1-4H3,(H,28,29,30)/t17-/m0/s1. The van der Waals surface area contributed by atoms with E-state index in [0.29, 0.717) is 28.8 Å². The minimum Gasteiger partial charge on any atom is -0.494 e. The summed E-state index contributed by atoms with van der Waals surface area (Å²) in [5.41, 5.74) is 4.40. The van der Waals surface area contributed by atoms with Crippen molar-refractivity contribution in [3.63, 3.8) is 0 Å². The zero-order valence-corrected chi connectivity index (χ0v) is 21.4. The molecule has 5 rings (SSSR count). The number of hydrogen-bond donors (Lipinski definition) is 1. The number of fused-ring (bicyclic) bond motifs is 1. The van der Waals surface area contributed by atoms with Gasteiger partial charge in [-0.1, -0.05) is 0 Å². The highest BCUT2D eigenvalue weighted by Gasteiger charge is 2.31. The average molecular weight is 503 g/mol. The van der Waals surface area contributed by atoms with Gasteiger partial charge in [-0.2, -0.15) is 0 Å². The topological polar surface area (TPSA) is 114 Å². The van der Waals surface area contributed by atoms with Gasteiger partial charge in [0.05, 0.1) is 34.4 Å². The molecule has 1 aliphatic heterocycles. The summed E-state index contributed by atoms with van der Waals surface area (Å²) in [6.07, 6.45) is 7.35. The summed E-state index contributed by atoms with van der Waals surface area (Å²) in [4.78, 5) is 29.6. The Morgan fingerprint density at radius 3 is 2.84 bits per heavy atom. The lowest BCUT2D eigenvalue weighted by molar-refractivity contribution is -0.384. The molecule has 0 unspecified atom stereocenters. The first kappa shape index (κ1) is 24.4. The van der Waals surface area contributed by atoms with Crippen LogP contribution >= 0.6 is 0 Å². The van der Waals surface area contributed by atoms with Crippen LogP contribution in [0.3, 0.4) is 0 Å². The largest absolute Gasteiger partial charge is 0.494 e. The average Bonchev–Trinajstić information content (AvgIpc) is 3.48. The highest BCUT2D eigenvalue weighted by Crippen LogP contribution is 2.41. The summed E-state index contributed by atoms with van der Waals surface area (Å²) in [5.74, 6) is 0.786. The Bertz CT molecular complexity index is 1450. The Morgan fingerprint density at radius 1 is 1.24 bits per heavy atom. The van der Waals surface area contributed by atoms with Crippen molar-refractivity contribution in [3.05, 3.63) is 59.0 Å². The summed E-state index contributed by atoms with van der Waals surface area (Å²) >= 11 is 0. The second-order valence-electron chi connectivity index (χ2n) is 9.47. The van der Waals surface area contributed by atoms with Crippen molar-refractivity contribution in [2.75, 3.05) is 44.5 Å². The number of anilines is 3. The predicted octanol–water partition coefficient (Wildman–Crippen LogP) is 4.22. The number of benzene rings is 1. The van der Waals surface area contributed by atoms with E-state index in [9.17, 15) is 10.1 Å². The van der Waals surface area contributed by atoms with Gasteiger partial charge in [-0.15, -0.1) is 0 Å². The fraction of sp³-hybridized carbons (Fsp3) is 0.346. The molecule has 0 spiro atoms. The van der Waals surface area contributed by atoms with Crippen LogP contribution in [0.5, 0.6) is 5.75 Å². The van der Waals surface area contributed by atoms with Gasteiger partial charge in [0.1, 0.15) is 11.4 Å². The van der Waals surface area contributed by atoms with Crippen molar-refractivity contribution in [1.29, 1.82) is 0 Å². The molecule has 0 bridgehead atoms. The third-order valence-corrected chi connectivity index (χ3v) is 6.68. The Kier molecular flexibility index (Phi) is 6.62. The van der Waals surface area contributed by atoms with Gasteiger partial charge in [-0.05, 0) is 45.1 Å². The van der Waals surface area contributed by atoms with Crippen LogP contribution in [0.1, 0.15) is 12.8 Å². The number of likely N-dealkylation sites (N-methyl/N-ethyl adjacent to an activating group) is 1. The van der Waals surface area contributed by atoms with E-state index in [1.807, 2.05) is 50.1 Å². The Hall–Kier alpha value is -4.25. The molecule has 4 heterocycles. The normalized spacial score (nSPS) is 15.5. The van der Waals surface area contributed by atoms with E-state index < -0.39 is 0 Å². The van der Waals surface area contributed by atoms with Gasteiger partial charge in [0.25, 0.3) is 5.69 Å². The number of aromatic nitrogens is 4. The summed E-state index contributed by atoms with van der Waals surface area (Å²) in [6.45, 7) is 1.59. The maximum atomic E-state index is 12.1. The molecule has 1 N–H and O–H groups in total. The number of hydrogen-bond acceptors (Lipinski definition) is 9. The fourth-order valence-electron chi connectivity index (χ4n) is 5.05. The van der Waals surface area contributed by atoms with Crippen molar-refractivity contribution in [1.82, 2.24) is 24.4 Å². The molecule has 0 aliphatic carbocycles. The zero-order chi connectivity index (χ0) is 26.1. The number of aryl methyl sites for hydroxylation is 1. The molecular formula is C26H30N8O3. The third-order valence-electron chi connectivity index (χ3n) is 6.68. The lowest BCUT2D eigenvalue weighted by atomic mass is 10.1. The van der Waals surface area contributed by atoms with Crippen LogP contribution in [0, 0.1) is 10.1 Å². The van der Waals surface area contributed by atoms with E-state index in [0.717, 1.165) is 42.5 Å². The monoisotopic (exact) mass is 502 g/mol. The minimum absolute atomic E-state index is 0.0170. The van der Waals surface area contributed by atoms with Gasteiger partial charge in [-0.3, -0.25) is 15.1 Å². The van der Waals surface area contributed by atoms with Gasteiger partial charge in [0.2, 0.25) is 5.95 Å². The quantitative estimate of drug-likeness (QED) is 0.279. The van der Waals surface area contributed by atoms with Crippen LogP contribution in [-0.4, -0.2) is 69.7 Å². The number of ether oxygens (including phenoxy) is 1. The zero-order valence-electron chi connectivity index (χ0n) is 21.4. The summed E-state index contributed by atoms with van der Waals surface area (Å²) in [6, 6.07) is 9.16. The Labute approximate surface area is 214 Å². The second kappa shape index (κ2) is 10.0. The van der Waals surface area contributed by atoms with E-state index in [1.165, 1.54) is 6.07 Å². The highest BCUT2D eigenvalue weighted by atomic mass is 16.6. The maximum absolute atomic E-state index is 12.1. The molecule has 1 fully saturated rings. The van der Waals surface area contributed by atoms with Crippen molar-refractivity contribution in [2.24, 2.45) is 7.05 Å². The molecule has 4 aromatic rings. The Balaban J connectivity index is 1.51. The summed E-state index contributed by atoms with van der Waals surface area (Å²) in [5, 5.41) is 15.3. The number of nitrogens with zero attached hydrogens (tertiary/aromatic N) is 7. The van der Waals surface area contributed by atoms with Crippen molar-refractivity contribution >= 4 is 34.0 Å². The summed E-state index contributed by atoms with van der Waals surface area (Å²) < 4.78 is 7.65. The van der Waals surface area contributed by atoms with E-state index in [1.54, 1.807) is 25.6 Å². The first-order valence-electron chi connectivity index (χ1n) is 12.1. The van der Waals surface area contributed by atoms with Gasteiger partial charge >= 0.3 is 0 Å². The SMILES string of the molecule is COc1cc(N2CCC[C@H]2CN(C)C)c([N+](=O)[O-])cc1Nc1nccc(-c2cn(C)c3cccnc23)n1. The van der Waals surface area contributed by atoms with Crippen LogP contribution < -0.4 is 15.0 Å². The van der Waals surface area contributed by atoms with Crippen molar-refractivity contribution in [2.45, 2.75) is 18.9 Å². The Morgan fingerprint density at radius 2 is 2.08 bits per heavy atom. The lowest BCUT2D eigenvalue weighted by Crippen LogP contribution is -2.37. The van der Waals surface area contributed by atoms with Gasteiger partial charge in [-0.25, -0.2) is 9.97 Å². The molecule has 3 aromatic heterocycles. The summed E-state index contributed by atoms with van der Waals surface area (Å²) in [7, 11) is 7.54. The van der Waals surface area contributed by atoms with Gasteiger partial charge < -0.3 is 24.4 Å². The van der Waals surface area contributed by atoms with Crippen LogP contribution in [0.15, 0.2) is 48.9 Å². The fourth-order valence-corrected chi connectivity index (χ4v) is 5.05. The molecule has 0 amide bonds. The number of nitro benzene ring substituents is 1. The maximum Gasteiger partial charge on any atom is 0.294 e. The number of rotatable bonds is 8. The smallest absolute Gasteiger partial charge is 0.294 e. The molecule has 1 atom stereocenters. The first-order chi connectivity index (χ1) is 17.9. The minimum atomic E-state index is -0.343. The van der Waals surface area contributed by atoms with E-state index >= 15 is 0 Å². The molecule has 11 heteroatoms. The molecule has 0 radical (unpaired) electrons. The molecular weight excluding hydrogens is 472 g/mol. The number of nitro groups is 1. The van der Waals surface area contributed by atoms with E-state index in [2.05, 4.69) is 30.1 Å². The van der Waals surface area contributed by atoms with Crippen LogP contribution in [0.25, 0.3) is 22.3 Å². The van der Waals surface area contributed by atoms with E-state index in [-0.39, 0.29) is 16.7 Å². The van der Waals surface area contributed by atoms with Gasteiger partial charge in [0, 0.05) is 62.5 Å². The number of pyridine rings is 1. The number of nitrogens with one attached hydrogen (secondary N) is 1. The van der Waals surface area contributed by atoms with Crippen molar-refractivity contribution < 1.29 is 9.66 Å². The van der Waals surface area contributed by atoms with Gasteiger partial charge in [0.15, 0.2) is 0 Å². The molecule has 1 aliphatic rings. The third kappa shape index (κ3) is 4.77. The second-order valence-corrected chi connectivity index (χ2v) is 9.47. The van der Waals surface area contributed by atoms with Crippen LogP contribution in [-0.2, 0) is 7.05 Å². The molecule has 11 nitrogen and oxygen atoms in total. The van der Waals surface area contributed by atoms with Crippen LogP contribution in [0.2, 0.25) is 0 Å². The molecule has 1 saturated heterocycles. The van der Waals surface area contributed by atoms with Crippen LogP contribution in [0.4, 0.5) is 23.0 Å². The highest BCUT2D eigenvalue weighted by molar-refractivity contribution is 5.92. The van der Waals surface area contributed by atoms with E-state index in [4.69, 9.17) is 4.74 Å². The predicted molar refractivity (Wildman–Crippen MR) is 144 cm³/mol. The lowest BCUT2D eigenvalue weighted by Gasteiger charge is -2.29. The molecule has 192 valence electrons. The number of methoxy groups -OCH3 is 1. The molecule has 0 saturated carbocycles. The first-order valence-corrected chi connectivity index (χ1v) is 12.1.